The average molecular weight is 306 g/mol. The Balaban J connectivity index is 2.19. The van der Waals surface area contributed by atoms with E-state index >= 15 is 0 Å². The molecule has 1 aliphatic rings. The number of benzene rings is 1. The first-order chi connectivity index (χ1) is 9.85. The lowest BCUT2D eigenvalue weighted by Gasteiger charge is -2.34. The molecule has 6 nitrogen and oxygen atoms in total. The minimum atomic E-state index is -3.80. The fourth-order valence-electron chi connectivity index (χ4n) is 2.04. The van der Waals surface area contributed by atoms with Gasteiger partial charge in [0, 0.05) is 0 Å². The van der Waals surface area contributed by atoms with Crippen molar-refractivity contribution in [3.8, 4) is 0 Å². The van der Waals surface area contributed by atoms with Crippen molar-refractivity contribution < 1.29 is 8.42 Å². The monoisotopic (exact) mass is 306 g/mol. The van der Waals surface area contributed by atoms with Gasteiger partial charge in [-0.3, -0.25) is 4.90 Å². The molecule has 1 aliphatic carbocycles. The molecule has 0 aromatic heterocycles. The molecule has 1 aromatic carbocycles. The second kappa shape index (κ2) is 5.88. The second-order valence-corrected chi connectivity index (χ2v) is 6.70. The van der Waals surface area contributed by atoms with Crippen molar-refractivity contribution in [1.82, 2.24) is 4.90 Å². The minimum Gasteiger partial charge on any atom is -0.283 e. The Hall–Kier alpha value is -1.83. The fourth-order valence-corrected chi connectivity index (χ4v) is 3.09. The van der Waals surface area contributed by atoms with E-state index in [2.05, 4.69) is 10.2 Å². The smallest absolute Gasteiger partial charge is 0.235 e. The molecule has 0 amide bonds. The lowest BCUT2D eigenvalue weighted by atomic mass is 10.1. The maximum absolute atomic E-state index is 11.8. The Morgan fingerprint density at radius 2 is 1.71 bits per heavy atom. The molecule has 7 heteroatoms. The van der Waals surface area contributed by atoms with E-state index in [4.69, 9.17) is 5.14 Å². The Morgan fingerprint density at radius 1 is 1.14 bits per heavy atom. The highest BCUT2D eigenvalue weighted by Crippen LogP contribution is 2.26. The normalized spacial score (nSPS) is 25.8. The molecular weight excluding hydrogens is 288 g/mol. The van der Waals surface area contributed by atoms with Gasteiger partial charge in [-0.05, 0) is 38.4 Å². The first-order valence-electron chi connectivity index (χ1n) is 6.39. The van der Waals surface area contributed by atoms with Gasteiger partial charge < -0.3 is 0 Å². The molecule has 0 saturated carbocycles. The average Bonchev–Trinajstić information content (AvgIpc) is 2.45. The highest BCUT2D eigenvalue weighted by atomic mass is 32.2. The van der Waals surface area contributed by atoms with Crippen molar-refractivity contribution in [2.24, 2.45) is 15.4 Å². The summed E-state index contributed by atoms with van der Waals surface area (Å²) in [5, 5.41) is 13.6. The molecule has 0 saturated heterocycles. The third-order valence-corrected chi connectivity index (χ3v) is 4.83. The van der Waals surface area contributed by atoms with E-state index in [1.807, 2.05) is 30.3 Å². The van der Waals surface area contributed by atoms with E-state index in [-0.39, 0.29) is 6.04 Å². The summed E-state index contributed by atoms with van der Waals surface area (Å²) < 4.78 is 23.6. The second-order valence-electron chi connectivity index (χ2n) is 4.95. The molecule has 0 bridgehead atoms. The van der Waals surface area contributed by atoms with Gasteiger partial charge in [-0.1, -0.05) is 30.4 Å². The number of hydrogen-bond donors (Lipinski definition) is 1. The number of likely N-dealkylation sites (N-methyl/N-ethyl adjacent to an activating group) is 1. The van der Waals surface area contributed by atoms with Crippen molar-refractivity contribution >= 4 is 15.7 Å². The number of primary sulfonamides is 1. The standard InChI is InChI=1S/C14H18N4O2S/c1-18(2)14(21(15,19)20)10-8-13(9-11-14)17-16-12-6-4-3-5-7-12/h3-11,13H,1-2H3,(H2,15,19,20)/b17-16+. The molecule has 0 fully saturated rings. The van der Waals surface area contributed by atoms with Crippen LogP contribution in [0.25, 0.3) is 0 Å². The van der Waals surface area contributed by atoms with E-state index in [0.29, 0.717) is 0 Å². The summed E-state index contributed by atoms with van der Waals surface area (Å²) in [5.74, 6) is 0. The van der Waals surface area contributed by atoms with Crippen molar-refractivity contribution in [2.45, 2.75) is 10.9 Å². The summed E-state index contributed by atoms with van der Waals surface area (Å²) in [7, 11) is -0.482. The van der Waals surface area contributed by atoms with Gasteiger partial charge in [-0.25, -0.2) is 13.6 Å². The number of nitrogens with two attached hydrogens (primary N) is 1. The van der Waals surface area contributed by atoms with E-state index < -0.39 is 14.9 Å². The maximum atomic E-state index is 11.8. The highest BCUT2D eigenvalue weighted by molar-refractivity contribution is 7.90. The summed E-state index contributed by atoms with van der Waals surface area (Å²) in [4.78, 5) is 0.214. The molecule has 0 heterocycles. The number of sulfonamides is 1. The topological polar surface area (TPSA) is 88.1 Å². The summed E-state index contributed by atoms with van der Waals surface area (Å²) in [6.45, 7) is 0. The molecular formula is C14H18N4O2S. The van der Waals surface area contributed by atoms with Gasteiger partial charge in [-0.2, -0.15) is 10.2 Å². The van der Waals surface area contributed by atoms with Gasteiger partial charge in [0.05, 0.1) is 5.69 Å². The van der Waals surface area contributed by atoms with Crippen LogP contribution in [-0.2, 0) is 10.0 Å². The van der Waals surface area contributed by atoms with Crippen LogP contribution in [0.2, 0.25) is 0 Å². The van der Waals surface area contributed by atoms with Crippen LogP contribution in [0.1, 0.15) is 0 Å². The third-order valence-electron chi connectivity index (χ3n) is 3.28. The van der Waals surface area contributed by atoms with E-state index in [1.165, 1.54) is 12.2 Å². The van der Waals surface area contributed by atoms with Crippen LogP contribution in [0, 0.1) is 0 Å². The zero-order valence-corrected chi connectivity index (χ0v) is 12.7. The largest absolute Gasteiger partial charge is 0.283 e. The van der Waals surface area contributed by atoms with Gasteiger partial charge in [0.2, 0.25) is 10.0 Å². The fraction of sp³-hybridized carbons (Fsp3) is 0.286. The van der Waals surface area contributed by atoms with Crippen LogP contribution in [0.4, 0.5) is 5.69 Å². The molecule has 0 unspecified atom stereocenters. The van der Waals surface area contributed by atoms with Crippen LogP contribution in [0.5, 0.6) is 0 Å². The number of nitrogens with zero attached hydrogens (tertiary/aromatic N) is 3. The van der Waals surface area contributed by atoms with E-state index in [9.17, 15) is 8.42 Å². The summed E-state index contributed by atoms with van der Waals surface area (Å²) in [6.07, 6.45) is 6.43. The summed E-state index contributed by atoms with van der Waals surface area (Å²) in [6, 6.07) is 9.03. The van der Waals surface area contributed by atoms with Crippen molar-refractivity contribution in [2.75, 3.05) is 14.1 Å². The van der Waals surface area contributed by atoms with Gasteiger partial charge >= 0.3 is 0 Å². The SMILES string of the molecule is CN(C)C1(S(N)(=O)=O)C=CC(/N=N/c2ccccc2)C=C1. The zero-order valence-electron chi connectivity index (χ0n) is 11.9. The van der Waals surface area contributed by atoms with E-state index in [0.717, 1.165) is 5.69 Å². The molecule has 1 aromatic rings. The first-order valence-corrected chi connectivity index (χ1v) is 7.94. The Labute approximate surface area is 124 Å². The van der Waals surface area contributed by atoms with Crippen LogP contribution in [-0.4, -0.2) is 38.3 Å². The van der Waals surface area contributed by atoms with Crippen LogP contribution in [0.3, 0.4) is 0 Å². The lowest BCUT2D eigenvalue weighted by molar-refractivity contribution is 0.337. The molecule has 21 heavy (non-hydrogen) atoms. The molecule has 112 valence electrons. The molecule has 2 N–H and O–H groups in total. The van der Waals surface area contributed by atoms with Crippen LogP contribution in [0.15, 0.2) is 64.9 Å². The van der Waals surface area contributed by atoms with Crippen LogP contribution < -0.4 is 5.14 Å². The molecule has 0 aliphatic heterocycles. The Morgan fingerprint density at radius 3 is 2.19 bits per heavy atom. The predicted molar refractivity (Wildman–Crippen MR) is 82.6 cm³/mol. The Kier molecular flexibility index (Phi) is 4.36. The lowest BCUT2D eigenvalue weighted by Crippen LogP contribution is -2.52. The predicted octanol–water partition coefficient (Wildman–Crippen LogP) is 1.81. The van der Waals surface area contributed by atoms with Crippen molar-refractivity contribution in [1.29, 1.82) is 0 Å². The Bertz CT molecular complexity index is 664. The van der Waals surface area contributed by atoms with Gasteiger partial charge in [0.15, 0.2) is 4.87 Å². The molecule has 0 radical (unpaired) electrons. The summed E-state index contributed by atoms with van der Waals surface area (Å²) >= 11 is 0. The minimum absolute atomic E-state index is 0.306. The van der Waals surface area contributed by atoms with Crippen LogP contribution >= 0.6 is 0 Å². The molecule has 2 rings (SSSR count). The maximum Gasteiger partial charge on any atom is 0.235 e. The van der Waals surface area contributed by atoms with Gasteiger partial charge in [0.25, 0.3) is 0 Å². The number of azo groups is 1. The first kappa shape index (κ1) is 15.6. The zero-order chi connectivity index (χ0) is 15.5. The van der Waals surface area contributed by atoms with Crippen molar-refractivity contribution in [3.63, 3.8) is 0 Å². The number of rotatable bonds is 4. The quantitative estimate of drug-likeness (QED) is 0.679. The third kappa shape index (κ3) is 3.26. The van der Waals surface area contributed by atoms with Gasteiger partial charge in [-0.15, -0.1) is 0 Å². The summed E-state index contributed by atoms with van der Waals surface area (Å²) in [5.41, 5.74) is 0.746. The highest BCUT2D eigenvalue weighted by Gasteiger charge is 2.40. The number of hydrogen-bond acceptors (Lipinski definition) is 5. The van der Waals surface area contributed by atoms with Crippen molar-refractivity contribution in [3.05, 3.63) is 54.6 Å². The van der Waals surface area contributed by atoms with E-state index in [1.54, 1.807) is 31.1 Å². The van der Waals surface area contributed by atoms with Gasteiger partial charge in [0.1, 0.15) is 6.04 Å². The molecule has 0 atom stereocenters. The molecule has 0 spiro atoms.